The van der Waals surface area contributed by atoms with E-state index in [2.05, 4.69) is 43.1 Å². The van der Waals surface area contributed by atoms with Crippen LogP contribution in [0.4, 0.5) is 5.69 Å². The molecule has 0 saturated carbocycles. The Morgan fingerprint density at radius 3 is 1.88 bits per heavy atom. The summed E-state index contributed by atoms with van der Waals surface area (Å²) in [5, 5.41) is 0. The summed E-state index contributed by atoms with van der Waals surface area (Å²) in [5.74, 6) is 1.39. The highest BCUT2D eigenvalue weighted by molar-refractivity contribution is 5.92. The number of amides is 1. The van der Waals surface area contributed by atoms with Crippen LogP contribution in [0.25, 0.3) is 0 Å². The van der Waals surface area contributed by atoms with E-state index in [0.717, 1.165) is 34.1 Å². The van der Waals surface area contributed by atoms with Crippen LogP contribution in [0.15, 0.2) is 54.6 Å². The predicted octanol–water partition coefficient (Wildman–Crippen LogP) is 6.60. The first-order valence-corrected chi connectivity index (χ1v) is 11.2. The van der Waals surface area contributed by atoms with E-state index in [1.807, 2.05) is 58.0 Å². The summed E-state index contributed by atoms with van der Waals surface area (Å²) in [4.78, 5) is 18.3. The third-order valence-corrected chi connectivity index (χ3v) is 4.90. The van der Waals surface area contributed by atoms with Crippen LogP contribution >= 0.6 is 0 Å². The first-order valence-electron chi connectivity index (χ1n) is 11.2. The van der Waals surface area contributed by atoms with E-state index < -0.39 is 0 Å². The van der Waals surface area contributed by atoms with E-state index >= 15 is 0 Å². The molecule has 0 aliphatic heterocycles. The van der Waals surface area contributed by atoms with Crippen molar-refractivity contribution >= 4 is 11.6 Å². The van der Waals surface area contributed by atoms with Gasteiger partial charge in [0, 0.05) is 18.2 Å². The van der Waals surface area contributed by atoms with E-state index in [-0.39, 0.29) is 5.91 Å². The number of nitrogens with zero attached hydrogens (tertiary/aromatic N) is 2. The summed E-state index contributed by atoms with van der Waals surface area (Å²) in [5.41, 5.74) is 6.08. The van der Waals surface area contributed by atoms with Crippen LogP contribution in [0, 0.1) is 27.7 Å². The van der Waals surface area contributed by atoms with Gasteiger partial charge in [-0.25, -0.2) is 0 Å². The van der Waals surface area contributed by atoms with Crippen molar-refractivity contribution in [3.8, 4) is 11.5 Å². The average Bonchev–Trinajstić information content (AvgIpc) is 2.81. The number of aryl methyl sites for hydroxylation is 4. The molecule has 1 amide bonds. The lowest BCUT2D eigenvalue weighted by Gasteiger charge is -2.24. The Hall–Kier alpha value is -3.34. The normalized spacial score (nSPS) is 9.61. The smallest absolute Gasteiger partial charge is 0.224 e. The summed E-state index contributed by atoms with van der Waals surface area (Å²) in [6.45, 7) is 14.0. The van der Waals surface area contributed by atoms with E-state index in [0.29, 0.717) is 6.54 Å². The van der Waals surface area contributed by atoms with Gasteiger partial charge in [-0.3, -0.25) is 9.78 Å². The van der Waals surface area contributed by atoms with Crippen molar-refractivity contribution in [3.05, 3.63) is 82.7 Å². The molecule has 5 heteroatoms. The van der Waals surface area contributed by atoms with Gasteiger partial charge < -0.3 is 14.4 Å². The molecule has 0 aliphatic rings. The van der Waals surface area contributed by atoms with Crippen molar-refractivity contribution in [1.82, 2.24) is 4.98 Å². The minimum atomic E-state index is -0.0522. The summed E-state index contributed by atoms with van der Waals surface area (Å²) in [6, 6.07) is 17.9. The molecule has 178 valence electrons. The lowest BCUT2D eigenvalue weighted by molar-refractivity contribution is -0.116. The summed E-state index contributed by atoms with van der Waals surface area (Å²) in [7, 11) is 3.23. The zero-order valence-corrected chi connectivity index (χ0v) is 21.5. The highest BCUT2D eigenvalue weighted by Gasteiger charge is 2.18. The van der Waals surface area contributed by atoms with Crippen LogP contribution in [0.1, 0.15) is 48.8 Å². The molecule has 1 heterocycles. The number of hydrogen-bond donors (Lipinski definition) is 0. The minimum absolute atomic E-state index is 0.0522. The lowest BCUT2D eigenvalue weighted by Crippen LogP contribution is -2.29. The molecule has 0 unspecified atom stereocenters. The molecule has 0 N–H and O–H groups in total. The standard InChI is InChI=1S/C18H22N2O3.C8H10.C2H6/c1-12-6-8-17(13(2)19-12)20(14(3)21)11-15-10-16(22-4)7-9-18(15)23-5;1-7-3-5-8(2)6-4-7;1-2/h6-10H,11H2,1-5H3;3-6H,1-2H3;1-2H3. The number of anilines is 1. The molecule has 3 rings (SSSR count). The maximum atomic E-state index is 12.2. The highest BCUT2D eigenvalue weighted by Crippen LogP contribution is 2.28. The van der Waals surface area contributed by atoms with Gasteiger partial charge in [-0.1, -0.05) is 49.2 Å². The van der Waals surface area contributed by atoms with Crippen molar-refractivity contribution < 1.29 is 14.3 Å². The molecule has 0 spiro atoms. The second-order valence-corrected chi connectivity index (χ2v) is 7.49. The van der Waals surface area contributed by atoms with Crippen LogP contribution in [0.2, 0.25) is 0 Å². The fourth-order valence-corrected chi connectivity index (χ4v) is 3.14. The van der Waals surface area contributed by atoms with E-state index in [1.54, 1.807) is 26.0 Å². The molecular formula is C28H38N2O3. The number of carbonyl (C=O) groups is 1. The molecule has 0 atom stereocenters. The Labute approximate surface area is 199 Å². The van der Waals surface area contributed by atoms with Crippen molar-refractivity contribution in [2.45, 2.75) is 55.0 Å². The van der Waals surface area contributed by atoms with Gasteiger partial charge in [0.2, 0.25) is 5.91 Å². The van der Waals surface area contributed by atoms with Crippen LogP contribution in [-0.4, -0.2) is 25.1 Å². The molecule has 5 nitrogen and oxygen atoms in total. The number of methoxy groups -OCH3 is 2. The second-order valence-electron chi connectivity index (χ2n) is 7.49. The summed E-state index contributed by atoms with van der Waals surface area (Å²) >= 11 is 0. The van der Waals surface area contributed by atoms with Crippen LogP contribution in [-0.2, 0) is 11.3 Å². The number of pyridine rings is 1. The quantitative estimate of drug-likeness (QED) is 0.439. The first kappa shape index (κ1) is 27.7. The van der Waals surface area contributed by atoms with Gasteiger partial charge in [0.25, 0.3) is 0 Å². The lowest BCUT2D eigenvalue weighted by atomic mass is 10.1. The van der Waals surface area contributed by atoms with Crippen molar-refractivity contribution in [3.63, 3.8) is 0 Å². The maximum absolute atomic E-state index is 12.2. The highest BCUT2D eigenvalue weighted by atomic mass is 16.5. The SMILES string of the molecule is CC.COc1ccc(OC)c(CN(C(C)=O)c2ccc(C)nc2C)c1.Cc1ccc(C)cc1. The maximum Gasteiger partial charge on any atom is 0.224 e. The Kier molecular flexibility index (Phi) is 11.7. The number of aromatic nitrogens is 1. The number of benzene rings is 2. The molecule has 2 aromatic carbocycles. The van der Waals surface area contributed by atoms with Gasteiger partial charge in [-0.15, -0.1) is 0 Å². The molecule has 0 saturated heterocycles. The molecule has 3 aromatic rings. The number of hydrogen-bond acceptors (Lipinski definition) is 4. The average molecular weight is 451 g/mol. The number of carbonyl (C=O) groups excluding carboxylic acids is 1. The largest absolute Gasteiger partial charge is 0.497 e. The Morgan fingerprint density at radius 1 is 0.848 bits per heavy atom. The minimum Gasteiger partial charge on any atom is -0.497 e. The van der Waals surface area contributed by atoms with E-state index in [9.17, 15) is 4.79 Å². The molecule has 1 aromatic heterocycles. The van der Waals surface area contributed by atoms with Crippen molar-refractivity contribution in [2.75, 3.05) is 19.1 Å². The summed E-state index contributed by atoms with van der Waals surface area (Å²) < 4.78 is 10.7. The molecule has 0 fully saturated rings. The fourth-order valence-electron chi connectivity index (χ4n) is 3.14. The summed E-state index contributed by atoms with van der Waals surface area (Å²) in [6.07, 6.45) is 0. The molecule has 0 aliphatic carbocycles. The number of ether oxygens (including phenoxy) is 2. The zero-order chi connectivity index (χ0) is 25.0. The van der Waals surface area contributed by atoms with Gasteiger partial charge in [0.05, 0.1) is 32.1 Å². The Morgan fingerprint density at radius 2 is 1.42 bits per heavy atom. The first-order chi connectivity index (χ1) is 15.7. The molecule has 33 heavy (non-hydrogen) atoms. The van der Waals surface area contributed by atoms with Gasteiger partial charge in [-0.2, -0.15) is 0 Å². The van der Waals surface area contributed by atoms with Gasteiger partial charge >= 0.3 is 0 Å². The van der Waals surface area contributed by atoms with Gasteiger partial charge in [-0.05, 0) is 58.0 Å². The predicted molar refractivity (Wildman–Crippen MR) is 137 cm³/mol. The topological polar surface area (TPSA) is 51.7 Å². The Bertz CT molecular complexity index is 993. The van der Waals surface area contributed by atoms with Crippen LogP contribution in [0.3, 0.4) is 0 Å². The molecule has 0 radical (unpaired) electrons. The van der Waals surface area contributed by atoms with Gasteiger partial charge in [0.15, 0.2) is 0 Å². The van der Waals surface area contributed by atoms with Crippen molar-refractivity contribution in [1.29, 1.82) is 0 Å². The third-order valence-electron chi connectivity index (χ3n) is 4.90. The molecular weight excluding hydrogens is 412 g/mol. The van der Waals surface area contributed by atoms with Crippen molar-refractivity contribution in [2.24, 2.45) is 0 Å². The van der Waals surface area contributed by atoms with Gasteiger partial charge in [0.1, 0.15) is 11.5 Å². The monoisotopic (exact) mass is 450 g/mol. The zero-order valence-electron chi connectivity index (χ0n) is 21.5. The third kappa shape index (κ3) is 8.60. The van der Waals surface area contributed by atoms with Crippen LogP contribution in [0.5, 0.6) is 11.5 Å². The number of rotatable bonds is 5. The fraction of sp³-hybridized carbons (Fsp3) is 0.357. The van der Waals surface area contributed by atoms with E-state index in [4.69, 9.17) is 9.47 Å². The molecule has 0 bridgehead atoms. The van der Waals surface area contributed by atoms with E-state index in [1.165, 1.54) is 11.1 Å². The van der Waals surface area contributed by atoms with Crippen LogP contribution < -0.4 is 14.4 Å². The Balaban J connectivity index is 0.000000454. The second kappa shape index (κ2) is 13.9.